The molecule has 2 saturated heterocycles. The van der Waals surface area contributed by atoms with E-state index in [-0.39, 0.29) is 31.7 Å². The molecule has 0 bridgehead atoms. The van der Waals surface area contributed by atoms with E-state index in [1.54, 1.807) is 27.7 Å². The number of alkyl halides is 1. The van der Waals surface area contributed by atoms with Crippen LogP contribution in [0.3, 0.4) is 0 Å². The molecule has 2 fully saturated rings. The number of azide groups is 1. The third kappa shape index (κ3) is 6.26. The molecule has 0 unspecified atom stereocenters. The number of nitrogens with zero attached hydrogens (tertiary/aromatic N) is 4. The number of ether oxygens (including phenoxy) is 3. The Morgan fingerprint density at radius 3 is 2.33 bits per heavy atom. The molecule has 1 amide bonds. The zero-order valence-electron chi connectivity index (χ0n) is 24.7. The quantitative estimate of drug-likeness (QED) is 0.120. The lowest BCUT2D eigenvalue weighted by Crippen LogP contribution is -2.60. The molecule has 0 aromatic rings. The van der Waals surface area contributed by atoms with Crippen LogP contribution in [0.25, 0.3) is 10.4 Å². The summed E-state index contributed by atoms with van der Waals surface area (Å²) in [6, 6.07) is -0.908. The molecule has 2 rings (SSSR count). The van der Waals surface area contributed by atoms with Gasteiger partial charge in [-0.25, -0.2) is 14.0 Å². The molecular formula is C27H43FN4O8. The van der Waals surface area contributed by atoms with Crippen LogP contribution >= 0.6 is 0 Å². The monoisotopic (exact) mass is 570 g/mol. The molecule has 0 saturated carbocycles. The highest BCUT2D eigenvalue weighted by atomic mass is 19.1. The van der Waals surface area contributed by atoms with Gasteiger partial charge in [-0.1, -0.05) is 32.8 Å². The summed E-state index contributed by atoms with van der Waals surface area (Å²) in [7, 11) is 1.32. The molecular weight excluding hydrogens is 527 g/mol. The van der Waals surface area contributed by atoms with E-state index in [0.29, 0.717) is 12.8 Å². The van der Waals surface area contributed by atoms with Crippen molar-refractivity contribution in [3.8, 4) is 0 Å². The van der Waals surface area contributed by atoms with Gasteiger partial charge in [0.2, 0.25) is 0 Å². The molecule has 0 radical (unpaired) electrons. The minimum Gasteiger partial charge on any atom is -0.455 e. The minimum absolute atomic E-state index is 0.0134. The number of halogens is 1. The van der Waals surface area contributed by atoms with Gasteiger partial charge in [0.15, 0.2) is 11.4 Å². The van der Waals surface area contributed by atoms with Gasteiger partial charge in [0.25, 0.3) is 5.67 Å². The molecule has 0 aromatic carbocycles. The summed E-state index contributed by atoms with van der Waals surface area (Å²) in [4.78, 5) is 57.5. The van der Waals surface area contributed by atoms with Crippen LogP contribution in [-0.4, -0.2) is 89.0 Å². The van der Waals surface area contributed by atoms with Crippen LogP contribution in [-0.2, 0) is 28.6 Å². The summed E-state index contributed by atoms with van der Waals surface area (Å²) in [5, 5.41) is 14.6. The zero-order chi connectivity index (χ0) is 30.6. The van der Waals surface area contributed by atoms with Crippen molar-refractivity contribution in [1.82, 2.24) is 4.90 Å². The highest BCUT2D eigenvalue weighted by Crippen LogP contribution is 2.42. The van der Waals surface area contributed by atoms with E-state index in [2.05, 4.69) is 10.0 Å². The maximum Gasteiger partial charge on any atom is 0.410 e. The standard InChI is InChI=1S/C27H43FN4O8/c1-9-18-27(7)20(32(24(37)40-27)13-11-10-12-30-31-29)16(3)19(33)15(2)14-25(5,38-8)21(34)17(4)22(35)26(6,28)23(36)39-18/h15-18,20-21,34H,9-14H2,1-8H3/t15-,16+,17-,18-,20-,21-,25+,26+,27-/m1/s1. The van der Waals surface area contributed by atoms with E-state index < -0.39 is 70.7 Å². The van der Waals surface area contributed by atoms with E-state index in [9.17, 15) is 24.3 Å². The van der Waals surface area contributed by atoms with Gasteiger partial charge in [0.1, 0.15) is 11.9 Å². The lowest BCUT2D eigenvalue weighted by molar-refractivity contribution is -0.183. The average Bonchev–Trinajstić information content (AvgIpc) is 3.17. The highest BCUT2D eigenvalue weighted by Gasteiger charge is 2.61. The topological polar surface area (TPSA) is 168 Å². The highest BCUT2D eigenvalue weighted by molar-refractivity contribution is 6.07. The Bertz CT molecular complexity index is 1030. The number of aliphatic hydroxyl groups excluding tert-OH is 1. The van der Waals surface area contributed by atoms with Crippen molar-refractivity contribution in [3.63, 3.8) is 0 Å². The van der Waals surface area contributed by atoms with Crippen LogP contribution in [0, 0.1) is 17.8 Å². The van der Waals surface area contributed by atoms with Gasteiger partial charge in [-0.05, 0) is 52.0 Å². The molecule has 9 atom stereocenters. The molecule has 226 valence electrons. The second-order valence-electron chi connectivity index (χ2n) is 11.6. The number of cyclic esters (lactones) is 1. The molecule has 0 aliphatic carbocycles. The number of aliphatic hydroxyl groups is 1. The number of Topliss-reactive ketones (excluding diaryl/α,β-unsaturated/α-hetero) is 2. The Morgan fingerprint density at radius 2 is 1.77 bits per heavy atom. The maximum atomic E-state index is 15.8. The lowest BCUT2D eigenvalue weighted by atomic mass is 9.73. The van der Waals surface area contributed by atoms with E-state index in [1.807, 2.05) is 0 Å². The molecule has 0 spiro atoms. The third-order valence-corrected chi connectivity index (χ3v) is 8.64. The smallest absolute Gasteiger partial charge is 0.410 e. The molecule has 2 heterocycles. The number of unbranched alkanes of at least 4 members (excludes halogenated alkanes) is 1. The van der Waals surface area contributed by atoms with Crippen molar-refractivity contribution < 1.29 is 42.9 Å². The minimum atomic E-state index is -3.12. The fourth-order valence-corrected chi connectivity index (χ4v) is 6.18. The Balaban J connectivity index is 2.65. The molecule has 0 aromatic heterocycles. The second kappa shape index (κ2) is 12.8. The van der Waals surface area contributed by atoms with Crippen molar-refractivity contribution in [1.29, 1.82) is 0 Å². The second-order valence-corrected chi connectivity index (χ2v) is 11.6. The zero-order valence-corrected chi connectivity index (χ0v) is 24.7. The van der Waals surface area contributed by atoms with Gasteiger partial charge < -0.3 is 24.2 Å². The van der Waals surface area contributed by atoms with Crippen LogP contribution < -0.4 is 0 Å². The van der Waals surface area contributed by atoms with Gasteiger partial charge in [-0.2, -0.15) is 0 Å². The van der Waals surface area contributed by atoms with Crippen molar-refractivity contribution in [3.05, 3.63) is 10.4 Å². The number of hydrogen-bond donors (Lipinski definition) is 1. The van der Waals surface area contributed by atoms with E-state index in [0.717, 1.165) is 6.92 Å². The van der Waals surface area contributed by atoms with Crippen LogP contribution in [0.5, 0.6) is 0 Å². The van der Waals surface area contributed by atoms with Gasteiger partial charge in [0, 0.05) is 42.9 Å². The van der Waals surface area contributed by atoms with E-state index in [4.69, 9.17) is 19.7 Å². The number of hydrogen-bond acceptors (Lipinski definition) is 9. The summed E-state index contributed by atoms with van der Waals surface area (Å²) in [5.74, 6) is -5.82. The van der Waals surface area contributed by atoms with Crippen LogP contribution in [0.15, 0.2) is 5.11 Å². The van der Waals surface area contributed by atoms with Gasteiger partial charge in [-0.3, -0.25) is 9.59 Å². The Morgan fingerprint density at radius 1 is 1.15 bits per heavy atom. The number of amides is 1. The SMILES string of the molecule is CC[C@H]1OC(=O)[C@@](C)(F)C(=O)[C@H](C)[C@@H](O)[C@@](C)(OC)C[C@@H](C)C(=O)[C@H](C)[C@H]2N(CCCCN=[N+]=[N-])C(=O)O[C@]12C. The summed E-state index contributed by atoms with van der Waals surface area (Å²) < 4.78 is 32.8. The Hall–Kier alpha value is -2.76. The summed E-state index contributed by atoms with van der Waals surface area (Å²) in [5.41, 5.74) is 2.41. The van der Waals surface area contributed by atoms with Gasteiger partial charge in [-0.15, -0.1) is 0 Å². The molecule has 40 heavy (non-hydrogen) atoms. The van der Waals surface area contributed by atoms with Gasteiger partial charge >= 0.3 is 12.1 Å². The first-order valence-corrected chi connectivity index (χ1v) is 13.7. The summed E-state index contributed by atoms with van der Waals surface area (Å²) >= 11 is 0. The summed E-state index contributed by atoms with van der Waals surface area (Å²) in [6.45, 7) is 10.5. The first kappa shape index (κ1) is 33.4. The maximum absolute atomic E-state index is 15.8. The molecule has 13 heteroatoms. The van der Waals surface area contributed by atoms with Gasteiger partial charge in [0.05, 0.1) is 17.7 Å². The molecule has 2 aliphatic rings. The van der Waals surface area contributed by atoms with Crippen LogP contribution in [0.2, 0.25) is 0 Å². The number of esters is 1. The normalized spacial score (nSPS) is 39.6. The van der Waals surface area contributed by atoms with Crippen molar-refractivity contribution >= 4 is 23.6 Å². The van der Waals surface area contributed by atoms with E-state index in [1.165, 1.54) is 25.9 Å². The average molecular weight is 571 g/mol. The molecule has 1 N–H and O–H groups in total. The first-order chi connectivity index (χ1) is 18.5. The predicted molar refractivity (Wildman–Crippen MR) is 142 cm³/mol. The van der Waals surface area contributed by atoms with Crippen molar-refractivity contribution in [2.24, 2.45) is 22.9 Å². The number of carbonyl (C=O) groups is 4. The van der Waals surface area contributed by atoms with Crippen LogP contribution in [0.1, 0.15) is 74.1 Å². The Labute approximate surface area is 234 Å². The third-order valence-electron chi connectivity index (χ3n) is 8.64. The van der Waals surface area contributed by atoms with Crippen LogP contribution in [0.4, 0.5) is 9.18 Å². The fourth-order valence-electron chi connectivity index (χ4n) is 6.18. The number of ketones is 2. The number of rotatable bonds is 7. The first-order valence-electron chi connectivity index (χ1n) is 13.7. The number of carbonyl (C=O) groups excluding carboxylic acids is 4. The molecule has 2 aliphatic heterocycles. The Kier molecular flexibility index (Phi) is 10.7. The van der Waals surface area contributed by atoms with Crippen molar-refractivity contribution in [2.75, 3.05) is 20.2 Å². The fraction of sp³-hybridized carbons (Fsp3) is 0.852. The largest absolute Gasteiger partial charge is 0.455 e. The van der Waals surface area contributed by atoms with E-state index >= 15 is 4.39 Å². The number of fused-ring (bicyclic) bond motifs is 1. The molecule has 12 nitrogen and oxygen atoms in total. The number of methoxy groups -OCH3 is 1. The van der Waals surface area contributed by atoms with Crippen molar-refractivity contribution in [2.45, 2.75) is 109 Å². The predicted octanol–water partition coefficient (Wildman–Crippen LogP) is 3.92. The lowest BCUT2D eigenvalue weighted by Gasteiger charge is -2.43. The summed E-state index contributed by atoms with van der Waals surface area (Å²) in [6.07, 6.45) is -2.46.